The Morgan fingerprint density at radius 3 is 2.48 bits per heavy atom. The molecule has 2 N–H and O–H groups in total. The SMILES string of the molecule is CC(C)NC(=O)C(C)NCCCN(C)Cc1ccccc1. The molecule has 21 heavy (non-hydrogen) atoms. The molecule has 4 heteroatoms. The molecule has 0 spiro atoms. The second kappa shape index (κ2) is 9.53. The smallest absolute Gasteiger partial charge is 0.237 e. The van der Waals surface area contributed by atoms with Crippen molar-refractivity contribution in [2.24, 2.45) is 0 Å². The van der Waals surface area contributed by atoms with Gasteiger partial charge in [0.1, 0.15) is 0 Å². The van der Waals surface area contributed by atoms with E-state index in [1.807, 2.05) is 26.8 Å². The minimum Gasteiger partial charge on any atom is -0.353 e. The van der Waals surface area contributed by atoms with Gasteiger partial charge >= 0.3 is 0 Å². The molecule has 0 fully saturated rings. The number of nitrogens with zero attached hydrogens (tertiary/aromatic N) is 1. The monoisotopic (exact) mass is 291 g/mol. The van der Waals surface area contributed by atoms with Crippen LogP contribution in [-0.4, -0.2) is 43.0 Å². The topological polar surface area (TPSA) is 44.4 Å². The van der Waals surface area contributed by atoms with Gasteiger partial charge in [0.05, 0.1) is 6.04 Å². The molecule has 1 rings (SSSR count). The predicted octanol–water partition coefficient (Wildman–Crippen LogP) is 2.01. The quantitative estimate of drug-likeness (QED) is 0.684. The summed E-state index contributed by atoms with van der Waals surface area (Å²) in [4.78, 5) is 14.0. The van der Waals surface area contributed by atoms with Gasteiger partial charge in [0.2, 0.25) is 5.91 Å². The first kappa shape index (κ1) is 17.7. The predicted molar refractivity (Wildman–Crippen MR) is 88.1 cm³/mol. The third kappa shape index (κ3) is 7.83. The van der Waals surface area contributed by atoms with Crippen LogP contribution in [-0.2, 0) is 11.3 Å². The largest absolute Gasteiger partial charge is 0.353 e. The van der Waals surface area contributed by atoms with Gasteiger partial charge in [-0.2, -0.15) is 0 Å². The maximum atomic E-state index is 11.7. The van der Waals surface area contributed by atoms with Gasteiger partial charge in [-0.3, -0.25) is 4.79 Å². The second-order valence-corrected chi connectivity index (χ2v) is 5.92. The molecular weight excluding hydrogens is 262 g/mol. The number of carbonyl (C=O) groups excluding carboxylic acids is 1. The zero-order chi connectivity index (χ0) is 15.7. The Labute approximate surface area is 128 Å². The maximum absolute atomic E-state index is 11.7. The van der Waals surface area contributed by atoms with Crippen LogP contribution in [0.2, 0.25) is 0 Å². The maximum Gasteiger partial charge on any atom is 0.237 e. The van der Waals surface area contributed by atoms with E-state index in [1.54, 1.807) is 0 Å². The van der Waals surface area contributed by atoms with Crippen LogP contribution in [0.15, 0.2) is 30.3 Å². The summed E-state index contributed by atoms with van der Waals surface area (Å²) in [6.45, 7) is 8.69. The fourth-order valence-corrected chi connectivity index (χ4v) is 2.14. The average molecular weight is 291 g/mol. The van der Waals surface area contributed by atoms with E-state index in [4.69, 9.17) is 0 Å². The van der Waals surface area contributed by atoms with Crippen LogP contribution in [0.4, 0.5) is 0 Å². The Hall–Kier alpha value is -1.39. The molecule has 0 aromatic heterocycles. The van der Waals surface area contributed by atoms with Gasteiger partial charge in [0.25, 0.3) is 0 Å². The molecule has 0 aliphatic rings. The van der Waals surface area contributed by atoms with E-state index < -0.39 is 0 Å². The molecule has 1 aromatic carbocycles. The highest BCUT2D eigenvalue weighted by molar-refractivity contribution is 5.81. The molecular formula is C17H29N3O. The summed E-state index contributed by atoms with van der Waals surface area (Å²) in [5.41, 5.74) is 1.33. The van der Waals surface area contributed by atoms with Crippen LogP contribution < -0.4 is 10.6 Å². The van der Waals surface area contributed by atoms with Crippen molar-refractivity contribution in [2.45, 2.75) is 45.8 Å². The van der Waals surface area contributed by atoms with Gasteiger partial charge in [0.15, 0.2) is 0 Å². The molecule has 0 radical (unpaired) electrons. The summed E-state index contributed by atoms with van der Waals surface area (Å²) in [6, 6.07) is 10.5. The minimum atomic E-state index is -0.133. The average Bonchev–Trinajstić information content (AvgIpc) is 2.43. The molecule has 118 valence electrons. The Kier molecular flexibility index (Phi) is 8.01. The molecule has 1 unspecified atom stereocenters. The number of nitrogens with one attached hydrogen (secondary N) is 2. The Morgan fingerprint density at radius 1 is 1.19 bits per heavy atom. The lowest BCUT2D eigenvalue weighted by molar-refractivity contribution is -0.123. The van der Waals surface area contributed by atoms with Gasteiger partial charge < -0.3 is 15.5 Å². The first-order valence-corrected chi connectivity index (χ1v) is 7.75. The third-order valence-electron chi connectivity index (χ3n) is 3.29. The van der Waals surface area contributed by atoms with E-state index in [1.165, 1.54) is 5.56 Å². The van der Waals surface area contributed by atoms with E-state index in [0.717, 1.165) is 26.1 Å². The Morgan fingerprint density at radius 2 is 1.86 bits per heavy atom. The van der Waals surface area contributed by atoms with Gasteiger partial charge in [-0.05, 0) is 52.9 Å². The molecule has 0 saturated carbocycles. The van der Waals surface area contributed by atoms with E-state index in [2.05, 4.69) is 46.8 Å². The molecule has 0 aliphatic carbocycles. The first-order valence-electron chi connectivity index (χ1n) is 7.75. The van der Waals surface area contributed by atoms with Crippen LogP contribution in [0, 0.1) is 0 Å². The van der Waals surface area contributed by atoms with Crippen LogP contribution in [0.5, 0.6) is 0 Å². The van der Waals surface area contributed by atoms with Crippen LogP contribution in [0.3, 0.4) is 0 Å². The van der Waals surface area contributed by atoms with E-state index in [-0.39, 0.29) is 18.0 Å². The summed E-state index contributed by atoms with van der Waals surface area (Å²) < 4.78 is 0. The zero-order valence-corrected chi connectivity index (χ0v) is 13.7. The van der Waals surface area contributed by atoms with Crippen molar-refractivity contribution >= 4 is 5.91 Å². The number of hydrogen-bond donors (Lipinski definition) is 2. The lowest BCUT2D eigenvalue weighted by Crippen LogP contribution is -2.45. The Bertz CT molecular complexity index is 406. The van der Waals surface area contributed by atoms with Gasteiger partial charge in [-0.1, -0.05) is 30.3 Å². The molecule has 0 heterocycles. The fraction of sp³-hybridized carbons (Fsp3) is 0.588. The first-order chi connectivity index (χ1) is 9.99. The molecule has 1 aromatic rings. The number of benzene rings is 1. The van der Waals surface area contributed by atoms with Crippen molar-refractivity contribution in [3.63, 3.8) is 0 Å². The van der Waals surface area contributed by atoms with Crippen LogP contribution in [0.1, 0.15) is 32.8 Å². The highest BCUT2D eigenvalue weighted by Crippen LogP contribution is 2.02. The summed E-state index contributed by atoms with van der Waals surface area (Å²) >= 11 is 0. The number of hydrogen-bond acceptors (Lipinski definition) is 3. The van der Waals surface area contributed by atoms with Gasteiger partial charge in [0, 0.05) is 12.6 Å². The van der Waals surface area contributed by atoms with Crippen molar-refractivity contribution in [1.29, 1.82) is 0 Å². The summed E-state index contributed by atoms with van der Waals surface area (Å²) in [7, 11) is 2.13. The van der Waals surface area contributed by atoms with Crippen molar-refractivity contribution < 1.29 is 4.79 Å². The van der Waals surface area contributed by atoms with Crippen molar-refractivity contribution in [3.8, 4) is 0 Å². The van der Waals surface area contributed by atoms with Crippen LogP contribution in [0.25, 0.3) is 0 Å². The lowest BCUT2D eigenvalue weighted by atomic mass is 10.2. The summed E-state index contributed by atoms with van der Waals surface area (Å²) in [5.74, 6) is 0.0719. The number of carbonyl (C=O) groups is 1. The zero-order valence-electron chi connectivity index (χ0n) is 13.7. The van der Waals surface area contributed by atoms with Crippen molar-refractivity contribution in [2.75, 3.05) is 20.1 Å². The fourth-order valence-electron chi connectivity index (χ4n) is 2.14. The van der Waals surface area contributed by atoms with Crippen molar-refractivity contribution in [3.05, 3.63) is 35.9 Å². The van der Waals surface area contributed by atoms with E-state index in [0.29, 0.717) is 0 Å². The van der Waals surface area contributed by atoms with Gasteiger partial charge in [-0.15, -0.1) is 0 Å². The molecule has 1 amide bonds. The normalized spacial score (nSPS) is 12.7. The second-order valence-electron chi connectivity index (χ2n) is 5.92. The summed E-state index contributed by atoms with van der Waals surface area (Å²) in [6.07, 6.45) is 1.03. The van der Waals surface area contributed by atoms with Crippen LogP contribution >= 0.6 is 0 Å². The standard InChI is InChI=1S/C17H29N3O/c1-14(2)19-17(21)15(3)18-11-8-12-20(4)13-16-9-6-5-7-10-16/h5-7,9-10,14-15,18H,8,11-13H2,1-4H3,(H,19,21). The lowest BCUT2D eigenvalue weighted by Gasteiger charge is -2.19. The minimum absolute atomic E-state index is 0.0719. The number of rotatable bonds is 9. The number of amides is 1. The van der Waals surface area contributed by atoms with Gasteiger partial charge in [-0.25, -0.2) is 0 Å². The van der Waals surface area contributed by atoms with E-state index >= 15 is 0 Å². The van der Waals surface area contributed by atoms with Crippen molar-refractivity contribution in [1.82, 2.24) is 15.5 Å². The molecule has 0 bridgehead atoms. The molecule has 0 saturated heterocycles. The molecule has 0 aliphatic heterocycles. The molecule has 4 nitrogen and oxygen atoms in total. The molecule has 1 atom stereocenters. The highest BCUT2D eigenvalue weighted by atomic mass is 16.2. The summed E-state index contributed by atoms with van der Waals surface area (Å²) in [5, 5.41) is 6.18. The third-order valence-corrected chi connectivity index (χ3v) is 3.29. The van der Waals surface area contributed by atoms with E-state index in [9.17, 15) is 4.79 Å². The Balaban J connectivity index is 2.14. The highest BCUT2D eigenvalue weighted by Gasteiger charge is 2.12.